The molecule has 7 nitrogen and oxygen atoms in total. The molecule has 1 atom stereocenters. The number of hydrogen-bond donors (Lipinski definition) is 1. The van der Waals surface area contributed by atoms with Crippen LogP contribution in [0.25, 0.3) is 0 Å². The SMILES string of the molecule is Cc1cccnc1CN(C)c1ncc(S(C)(=O)=O)c(C2CCCNC2)n1.Cl.Cl. The van der Waals surface area contributed by atoms with E-state index >= 15 is 0 Å². The van der Waals surface area contributed by atoms with Crippen molar-refractivity contribution in [3.05, 3.63) is 41.5 Å². The molecule has 1 aliphatic rings. The van der Waals surface area contributed by atoms with Gasteiger partial charge in [0.05, 0.1) is 24.1 Å². The number of rotatable bonds is 5. The summed E-state index contributed by atoms with van der Waals surface area (Å²) in [6.45, 7) is 4.28. The van der Waals surface area contributed by atoms with Gasteiger partial charge in [0.15, 0.2) is 9.84 Å². The highest BCUT2D eigenvalue weighted by atomic mass is 35.5. The fourth-order valence-corrected chi connectivity index (χ4v) is 4.04. The molecular formula is C18H27Cl2N5O2S. The number of piperidine rings is 1. The third-order valence-corrected chi connectivity index (χ3v) is 5.81. The molecule has 1 unspecified atom stereocenters. The van der Waals surface area contributed by atoms with Crippen LogP contribution in [-0.2, 0) is 16.4 Å². The second-order valence-corrected chi connectivity index (χ2v) is 8.84. The van der Waals surface area contributed by atoms with Gasteiger partial charge >= 0.3 is 0 Å². The van der Waals surface area contributed by atoms with Crippen LogP contribution in [0.1, 0.15) is 35.7 Å². The monoisotopic (exact) mass is 447 g/mol. The molecule has 1 aliphatic heterocycles. The summed E-state index contributed by atoms with van der Waals surface area (Å²) >= 11 is 0. The van der Waals surface area contributed by atoms with Crippen LogP contribution in [0.15, 0.2) is 29.4 Å². The number of aromatic nitrogens is 3. The number of pyridine rings is 1. The first-order valence-electron chi connectivity index (χ1n) is 8.75. The first-order chi connectivity index (χ1) is 12.4. The fourth-order valence-electron chi connectivity index (χ4n) is 3.20. The number of nitrogens with zero attached hydrogens (tertiary/aromatic N) is 4. The van der Waals surface area contributed by atoms with Crippen LogP contribution in [0, 0.1) is 6.92 Å². The maximum Gasteiger partial charge on any atom is 0.225 e. The Bertz CT molecular complexity index is 889. The van der Waals surface area contributed by atoms with Crippen molar-refractivity contribution in [2.24, 2.45) is 0 Å². The molecule has 28 heavy (non-hydrogen) atoms. The van der Waals surface area contributed by atoms with Gasteiger partial charge in [-0.25, -0.2) is 18.4 Å². The van der Waals surface area contributed by atoms with E-state index < -0.39 is 9.84 Å². The summed E-state index contributed by atoms with van der Waals surface area (Å²) in [6, 6.07) is 3.92. The van der Waals surface area contributed by atoms with E-state index in [9.17, 15) is 8.42 Å². The number of hydrogen-bond acceptors (Lipinski definition) is 7. The zero-order chi connectivity index (χ0) is 18.7. The molecule has 156 valence electrons. The Morgan fingerprint density at radius 3 is 2.64 bits per heavy atom. The Balaban J connectivity index is 0.00000196. The number of sulfone groups is 1. The molecule has 0 radical (unpaired) electrons. The van der Waals surface area contributed by atoms with Crippen molar-refractivity contribution in [2.45, 2.75) is 37.1 Å². The van der Waals surface area contributed by atoms with E-state index in [1.807, 2.05) is 31.0 Å². The Hall–Kier alpha value is -1.48. The molecule has 10 heteroatoms. The molecule has 0 saturated carbocycles. The van der Waals surface area contributed by atoms with Crippen LogP contribution in [-0.4, -0.2) is 49.8 Å². The van der Waals surface area contributed by atoms with Crippen molar-refractivity contribution in [1.82, 2.24) is 20.3 Å². The van der Waals surface area contributed by atoms with Gasteiger partial charge in [-0.05, 0) is 37.9 Å². The average Bonchev–Trinajstić information content (AvgIpc) is 2.63. The zero-order valence-corrected chi connectivity index (χ0v) is 18.7. The average molecular weight is 448 g/mol. The normalized spacial score (nSPS) is 16.6. The predicted octanol–water partition coefficient (Wildman–Crippen LogP) is 2.53. The van der Waals surface area contributed by atoms with Crippen molar-refractivity contribution in [3.8, 4) is 0 Å². The standard InChI is InChI=1S/C18H25N5O2S.2ClH/c1-13-6-4-9-20-15(13)12-23(2)18-21-11-16(26(3,24)25)17(22-18)14-7-5-8-19-10-14;;/h4,6,9,11,14,19H,5,7-8,10,12H2,1-3H3;2*1H. The topological polar surface area (TPSA) is 88.1 Å². The van der Waals surface area contributed by atoms with Gasteiger partial charge in [-0.15, -0.1) is 24.8 Å². The molecule has 1 saturated heterocycles. The Morgan fingerprint density at radius 2 is 2.04 bits per heavy atom. The minimum Gasteiger partial charge on any atom is -0.338 e. The molecule has 2 aromatic rings. The summed E-state index contributed by atoms with van der Waals surface area (Å²) in [5, 5.41) is 3.33. The molecule has 0 bridgehead atoms. The van der Waals surface area contributed by atoms with Gasteiger partial charge < -0.3 is 10.2 Å². The van der Waals surface area contributed by atoms with Crippen LogP contribution in [0.3, 0.4) is 0 Å². The Kier molecular flexibility index (Phi) is 9.07. The van der Waals surface area contributed by atoms with Gasteiger partial charge in [-0.1, -0.05) is 6.07 Å². The minimum absolute atomic E-state index is 0. The van der Waals surface area contributed by atoms with Crippen LogP contribution >= 0.6 is 24.8 Å². The first kappa shape index (κ1) is 24.6. The summed E-state index contributed by atoms with van der Waals surface area (Å²) in [7, 11) is -1.48. The van der Waals surface area contributed by atoms with Crippen LogP contribution in [0.4, 0.5) is 5.95 Å². The molecule has 1 fully saturated rings. The van der Waals surface area contributed by atoms with Crippen molar-refractivity contribution in [1.29, 1.82) is 0 Å². The van der Waals surface area contributed by atoms with Gasteiger partial charge in [0.25, 0.3) is 0 Å². The third-order valence-electron chi connectivity index (χ3n) is 4.70. The van der Waals surface area contributed by atoms with E-state index in [1.54, 1.807) is 6.20 Å². The van der Waals surface area contributed by atoms with Crippen LogP contribution in [0.5, 0.6) is 0 Å². The molecular weight excluding hydrogens is 421 g/mol. The van der Waals surface area contributed by atoms with E-state index in [2.05, 4.69) is 20.3 Å². The van der Waals surface area contributed by atoms with Gasteiger partial charge in [0.1, 0.15) is 4.90 Å². The highest BCUT2D eigenvalue weighted by Gasteiger charge is 2.26. The number of aryl methyl sites for hydroxylation is 1. The lowest BCUT2D eigenvalue weighted by atomic mass is 9.96. The second-order valence-electron chi connectivity index (χ2n) is 6.86. The van der Waals surface area contributed by atoms with E-state index in [4.69, 9.17) is 0 Å². The van der Waals surface area contributed by atoms with Gasteiger partial charge in [-0.2, -0.15) is 0 Å². The number of halogens is 2. The Morgan fingerprint density at radius 1 is 1.29 bits per heavy atom. The molecule has 3 heterocycles. The van der Waals surface area contributed by atoms with E-state index in [-0.39, 0.29) is 35.6 Å². The second kappa shape index (κ2) is 10.3. The highest BCUT2D eigenvalue weighted by Crippen LogP contribution is 2.28. The summed E-state index contributed by atoms with van der Waals surface area (Å²) in [5.41, 5.74) is 2.67. The molecule has 0 amide bonds. The third kappa shape index (κ3) is 5.76. The highest BCUT2D eigenvalue weighted by molar-refractivity contribution is 7.90. The van der Waals surface area contributed by atoms with Gasteiger partial charge in [0, 0.05) is 32.0 Å². The van der Waals surface area contributed by atoms with Crippen molar-refractivity contribution in [3.63, 3.8) is 0 Å². The van der Waals surface area contributed by atoms with Gasteiger partial charge in [0.2, 0.25) is 5.95 Å². The van der Waals surface area contributed by atoms with Gasteiger partial charge in [-0.3, -0.25) is 4.98 Å². The smallest absolute Gasteiger partial charge is 0.225 e. The molecule has 3 rings (SSSR count). The molecule has 0 aliphatic carbocycles. The van der Waals surface area contributed by atoms with E-state index in [0.29, 0.717) is 18.2 Å². The lowest BCUT2D eigenvalue weighted by molar-refractivity contribution is 0.447. The predicted molar refractivity (Wildman–Crippen MR) is 116 cm³/mol. The molecule has 1 N–H and O–H groups in total. The zero-order valence-electron chi connectivity index (χ0n) is 16.3. The van der Waals surface area contributed by atoms with E-state index in [0.717, 1.165) is 37.2 Å². The minimum atomic E-state index is -3.37. The lowest BCUT2D eigenvalue weighted by Gasteiger charge is -2.25. The Labute approximate surface area is 179 Å². The summed E-state index contributed by atoms with van der Waals surface area (Å²) in [5.74, 6) is 0.600. The van der Waals surface area contributed by atoms with Crippen LogP contribution < -0.4 is 10.2 Å². The quantitative estimate of drug-likeness (QED) is 0.752. The lowest BCUT2D eigenvalue weighted by Crippen LogP contribution is -2.30. The summed E-state index contributed by atoms with van der Waals surface area (Å²) in [4.78, 5) is 15.5. The molecule has 0 aromatic carbocycles. The van der Waals surface area contributed by atoms with E-state index in [1.165, 1.54) is 12.5 Å². The van der Waals surface area contributed by atoms with Crippen molar-refractivity contribution < 1.29 is 8.42 Å². The van der Waals surface area contributed by atoms with Crippen molar-refractivity contribution >= 4 is 40.6 Å². The number of nitrogens with one attached hydrogen (secondary N) is 1. The number of anilines is 1. The molecule has 0 spiro atoms. The largest absolute Gasteiger partial charge is 0.338 e. The summed E-state index contributed by atoms with van der Waals surface area (Å²) < 4.78 is 24.4. The molecule has 2 aromatic heterocycles. The maximum atomic E-state index is 12.2. The van der Waals surface area contributed by atoms with Crippen LogP contribution in [0.2, 0.25) is 0 Å². The van der Waals surface area contributed by atoms with Crippen molar-refractivity contribution in [2.75, 3.05) is 31.3 Å². The summed E-state index contributed by atoms with van der Waals surface area (Å²) in [6.07, 6.45) is 6.36. The first-order valence-corrected chi connectivity index (χ1v) is 10.6. The maximum absolute atomic E-state index is 12.2. The fraction of sp³-hybridized carbons (Fsp3) is 0.500.